The second kappa shape index (κ2) is 4.48. The van der Waals surface area contributed by atoms with Crippen LogP contribution < -0.4 is 0 Å². The van der Waals surface area contributed by atoms with Crippen LogP contribution in [0.5, 0.6) is 0 Å². The molecule has 86 valence electrons. The van der Waals surface area contributed by atoms with Crippen molar-refractivity contribution in [2.75, 3.05) is 0 Å². The number of carbonyl (C=O) groups excluding carboxylic acids is 1. The van der Waals surface area contributed by atoms with Gasteiger partial charge in [0.1, 0.15) is 5.78 Å². The highest BCUT2D eigenvalue weighted by Gasteiger charge is 2.51. The number of aliphatic hydroxyl groups is 1. The van der Waals surface area contributed by atoms with Crippen LogP contribution in [0, 0.1) is 17.3 Å². The lowest BCUT2D eigenvalue weighted by atomic mass is 9.86. The van der Waals surface area contributed by atoms with Gasteiger partial charge in [-0.25, -0.2) is 0 Å². The van der Waals surface area contributed by atoms with Crippen LogP contribution in [0.3, 0.4) is 0 Å². The summed E-state index contributed by atoms with van der Waals surface area (Å²) < 4.78 is 0. The maximum absolute atomic E-state index is 11.9. The summed E-state index contributed by atoms with van der Waals surface area (Å²) >= 11 is 0. The molecule has 3 atom stereocenters. The lowest BCUT2D eigenvalue weighted by Gasteiger charge is -2.22. The summed E-state index contributed by atoms with van der Waals surface area (Å²) in [6.07, 6.45) is 5.69. The summed E-state index contributed by atoms with van der Waals surface area (Å²) in [5.41, 5.74) is -0.583. The van der Waals surface area contributed by atoms with Gasteiger partial charge in [0, 0.05) is 11.8 Å². The third kappa shape index (κ3) is 2.15. The molecule has 0 saturated heterocycles. The van der Waals surface area contributed by atoms with Gasteiger partial charge in [-0.15, -0.1) is 0 Å². The van der Waals surface area contributed by atoms with E-state index in [1.165, 1.54) is 0 Å². The summed E-state index contributed by atoms with van der Waals surface area (Å²) in [5, 5.41) is 10.1. The molecule has 1 fully saturated rings. The number of Topliss-reactive ketones (excluding diaryl/α,β-unsaturated/α-hetero) is 1. The summed E-state index contributed by atoms with van der Waals surface area (Å²) in [4.78, 5) is 11.9. The first-order chi connectivity index (χ1) is 6.92. The van der Waals surface area contributed by atoms with Crippen LogP contribution in [0.1, 0.15) is 40.5 Å². The predicted molar refractivity (Wildman–Crippen MR) is 61.5 cm³/mol. The van der Waals surface area contributed by atoms with Gasteiger partial charge in [-0.1, -0.05) is 46.3 Å². The van der Waals surface area contributed by atoms with Crippen LogP contribution in [0.2, 0.25) is 0 Å². The van der Waals surface area contributed by atoms with E-state index in [-0.39, 0.29) is 17.6 Å². The van der Waals surface area contributed by atoms with Gasteiger partial charge in [-0.2, -0.15) is 0 Å². The van der Waals surface area contributed by atoms with Crippen molar-refractivity contribution in [1.82, 2.24) is 0 Å². The lowest BCUT2D eigenvalue weighted by Crippen LogP contribution is -2.31. The lowest BCUT2D eigenvalue weighted by molar-refractivity contribution is -0.129. The molecule has 0 radical (unpaired) electrons. The first-order valence-corrected chi connectivity index (χ1v) is 5.82. The summed E-state index contributed by atoms with van der Waals surface area (Å²) in [6.45, 7) is 7.71. The summed E-state index contributed by atoms with van der Waals surface area (Å²) in [5.74, 6) is 0.128. The molecule has 0 spiro atoms. The van der Waals surface area contributed by atoms with Crippen molar-refractivity contribution in [3.63, 3.8) is 0 Å². The Hall–Kier alpha value is -0.630. The van der Waals surface area contributed by atoms with Crippen LogP contribution >= 0.6 is 0 Å². The van der Waals surface area contributed by atoms with Crippen LogP contribution in [-0.4, -0.2) is 17.0 Å². The normalized spacial score (nSPS) is 35.3. The zero-order valence-corrected chi connectivity index (χ0v) is 10.2. The molecule has 0 aromatic rings. The Labute approximate surface area is 92.4 Å². The molecule has 1 aliphatic carbocycles. The third-order valence-corrected chi connectivity index (χ3v) is 3.54. The van der Waals surface area contributed by atoms with Gasteiger partial charge in [0.05, 0.1) is 11.5 Å². The van der Waals surface area contributed by atoms with Crippen molar-refractivity contribution < 1.29 is 9.90 Å². The first kappa shape index (κ1) is 12.4. The van der Waals surface area contributed by atoms with E-state index in [1.54, 1.807) is 0 Å². The minimum absolute atomic E-state index is 0.000880. The Kier molecular flexibility index (Phi) is 3.72. The average Bonchev–Trinajstić information content (AvgIpc) is 2.33. The molecule has 0 bridgehead atoms. The van der Waals surface area contributed by atoms with Crippen LogP contribution in [0.15, 0.2) is 12.2 Å². The van der Waals surface area contributed by atoms with Crippen molar-refractivity contribution in [1.29, 1.82) is 0 Å². The average molecular weight is 210 g/mol. The SMILES string of the molecule is CCCC=CC1C(C)C(=O)C(C)(C)C1O. The van der Waals surface area contributed by atoms with Gasteiger partial charge in [-0.3, -0.25) is 4.79 Å². The topological polar surface area (TPSA) is 37.3 Å². The molecule has 0 aliphatic heterocycles. The van der Waals surface area contributed by atoms with E-state index in [9.17, 15) is 9.90 Å². The Morgan fingerprint density at radius 1 is 1.47 bits per heavy atom. The zero-order valence-electron chi connectivity index (χ0n) is 10.2. The Morgan fingerprint density at radius 3 is 2.47 bits per heavy atom. The van der Waals surface area contributed by atoms with Crippen LogP contribution in [0.4, 0.5) is 0 Å². The van der Waals surface area contributed by atoms with Gasteiger partial charge < -0.3 is 5.11 Å². The number of hydrogen-bond acceptors (Lipinski definition) is 2. The molecule has 0 amide bonds. The molecule has 15 heavy (non-hydrogen) atoms. The number of carbonyl (C=O) groups is 1. The monoisotopic (exact) mass is 210 g/mol. The van der Waals surface area contributed by atoms with E-state index >= 15 is 0 Å². The van der Waals surface area contributed by atoms with E-state index < -0.39 is 11.5 Å². The number of ketones is 1. The van der Waals surface area contributed by atoms with E-state index in [1.807, 2.05) is 26.8 Å². The van der Waals surface area contributed by atoms with E-state index in [0.29, 0.717) is 0 Å². The minimum Gasteiger partial charge on any atom is -0.391 e. The number of unbranched alkanes of at least 4 members (excludes halogenated alkanes) is 1. The molecule has 2 heteroatoms. The highest BCUT2D eigenvalue weighted by molar-refractivity contribution is 5.89. The molecule has 2 nitrogen and oxygen atoms in total. The second-order valence-corrected chi connectivity index (χ2v) is 5.11. The van der Waals surface area contributed by atoms with Crippen molar-refractivity contribution in [2.45, 2.75) is 46.6 Å². The third-order valence-electron chi connectivity index (χ3n) is 3.54. The number of hydrogen-bond donors (Lipinski definition) is 1. The molecular weight excluding hydrogens is 188 g/mol. The molecule has 1 N–H and O–H groups in total. The molecule has 1 rings (SSSR count). The van der Waals surface area contributed by atoms with Crippen LogP contribution in [0.25, 0.3) is 0 Å². The number of rotatable bonds is 3. The standard InChI is InChI=1S/C13H22O2/c1-5-6-7-8-10-9(2)11(14)13(3,4)12(10)15/h7-10,12,15H,5-6H2,1-4H3. The highest BCUT2D eigenvalue weighted by atomic mass is 16.3. The Balaban J connectivity index is 2.79. The molecule has 0 heterocycles. The molecule has 3 unspecified atom stereocenters. The van der Waals surface area contributed by atoms with Gasteiger partial charge in [0.15, 0.2) is 0 Å². The number of allylic oxidation sites excluding steroid dienone is 1. The van der Waals surface area contributed by atoms with Gasteiger partial charge in [0.2, 0.25) is 0 Å². The zero-order chi connectivity index (χ0) is 11.6. The second-order valence-electron chi connectivity index (χ2n) is 5.11. The van der Waals surface area contributed by atoms with E-state index in [0.717, 1.165) is 12.8 Å². The quantitative estimate of drug-likeness (QED) is 0.727. The fourth-order valence-corrected chi connectivity index (χ4v) is 2.35. The minimum atomic E-state index is -0.583. The predicted octanol–water partition coefficient (Wildman–Crippen LogP) is 2.56. The number of aliphatic hydroxyl groups excluding tert-OH is 1. The fourth-order valence-electron chi connectivity index (χ4n) is 2.35. The Morgan fingerprint density at radius 2 is 2.07 bits per heavy atom. The smallest absolute Gasteiger partial charge is 0.144 e. The van der Waals surface area contributed by atoms with E-state index in [2.05, 4.69) is 13.0 Å². The molecule has 1 aliphatic rings. The molecule has 0 aromatic carbocycles. The molecule has 1 saturated carbocycles. The van der Waals surface area contributed by atoms with Gasteiger partial charge >= 0.3 is 0 Å². The fraction of sp³-hybridized carbons (Fsp3) is 0.769. The maximum atomic E-state index is 11.9. The maximum Gasteiger partial charge on any atom is 0.144 e. The largest absolute Gasteiger partial charge is 0.391 e. The molecular formula is C13H22O2. The van der Waals surface area contributed by atoms with Gasteiger partial charge in [0.25, 0.3) is 0 Å². The van der Waals surface area contributed by atoms with E-state index in [4.69, 9.17) is 0 Å². The summed E-state index contributed by atoms with van der Waals surface area (Å²) in [6, 6.07) is 0. The highest BCUT2D eigenvalue weighted by Crippen LogP contribution is 2.42. The van der Waals surface area contributed by atoms with Crippen molar-refractivity contribution in [3.05, 3.63) is 12.2 Å². The van der Waals surface area contributed by atoms with Gasteiger partial charge in [-0.05, 0) is 6.42 Å². The first-order valence-electron chi connectivity index (χ1n) is 5.82. The summed E-state index contributed by atoms with van der Waals surface area (Å²) in [7, 11) is 0. The van der Waals surface area contributed by atoms with Crippen molar-refractivity contribution in [2.24, 2.45) is 17.3 Å². The van der Waals surface area contributed by atoms with Crippen molar-refractivity contribution >= 4 is 5.78 Å². The Bertz CT molecular complexity index is 266. The van der Waals surface area contributed by atoms with Crippen molar-refractivity contribution in [3.8, 4) is 0 Å². The molecule has 0 aromatic heterocycles. The van der Waals surface area contributed by atoms with Crippen LogP contribution in [-0.2, 0) is 4.79 Å².